The third-order valence-corrected chi connectivity index (χ3v) is 6.45. The average molecular weight is 498 g/mol. The van der Waals surface area contributed by atoms with E-state index in [0.29, 0.717) is 18.9 Å². The Morgan fingerprint density at radius 1 is 1.29 bits per heavy atom. The number of benzene rings is 1. The third kappa shape index (κ3) is 4.12. The Bertz CT molecular complexity index is 1250. The molecule has 3 heterocycles. The molecule has 1 amide bonds. The van der Waals surface area contributed by atoms with E-state index in [0.717, 1.165) is 0 Å². The second-order valence-electron chi connectivity index (χ2n) is 8.93. The lowest BCUT2D eigenvalue weighted by atomic mass is 10.1. The maximum atomic E-state index is 13.8. The lowest BCUT2D eigenvalue weighted by Gasteiger charge is -2.25. The van der Waals surface area contributed by atoms with Crippen LogP contribution in [-0.2, 0) is 11.6 Å². The number of piperidine rings is 1. The lowest BCUT2D eigenvalue weighted by molar-refractivity contribution is -0.159. The van der Waals surface area contributed by atoms with E-state index in [2.05, 4.69) is 19.6 Å². The topological polar surface area (TPSA) is 94.5 Å². The van der Waals surface area contributed by atoms with E-state index in [9.17, 15) is 26.7 Å². The van der Waals surface area contributed by atoms with Crippen LogP contribution in [0, 0.1) is 5.92 Å². The molecule has 0 bridgehead atoms. The van der Waals surface area contributed by atoms with Crippen LogP contribution in [0.25, 0.3) is 11.5 Å². The fourth-order valence-corrected chi connectivity index (χ4v) is 4.29. The van der Waals surface area contributed by atoms with E-state index in [1.165, 1.54) is 42.5 Å². The number of halogens is 5. The number of hydrogen-bond acceptors (Lipinski definition) is 7. The van der Waals surface area contributed by atoms with Crippen LogP contribution >= 0.6 is 0 Å². The number of amides is 1. The molecule has 1 aliphatic heterocycles. The molecule has 8 nitrogen and oxygen atoms in total. The summed E-state index contributed by atoms with van der Waals surface area (Å²) in [5.74, 6) is -5.25. The summed E-state index contributed by atoms with van der Waals surface area (Å²) in [4.78, 5) is 22.5. The van der Waals surface area contributed by atoms with Crippen LogP contribution in [-0.4, -0.2) is 51.0 Å². The molecule has 3 atom stereocenters. The molecule has 13 heteroatoms. The van der Waals surface area contributed by atoms with Gasteiger partial charge in [0, 0.05) is 25.6 Å². The highest BCUT2D eigenvalue weighted by Gasteiger charge is 2.65. The van der Waals surface area contributed by atoms with Gasteiger partial charge in [-0.25, -0.2) is 13.8 Å². The van der Waals surface area contributed by atoms with Crippen LogP contribution in [0.2, 0.25) is 0 Å². The van der Waals surface area contributed by atoms with Gasteiger partial charge < -0.3 is 18.6 Å². The first-order valence-corrected chi connectivity index (χ1v) is 10.7. The molecular formula is C22H19F5N4O4. The van der Waals surface area contributed by atoms with Crippen molar-refractivity contribution in [2.24, 2.45) is 5.92 Å². The van der Waals surface area contributed by atoms with Gasteiger partial charge in [0.15, 0.2) is 11.9 Å². The van der Waals surface area contributed by atoms with Gasteiger partial charge in [0.1, 0.15) is 12.0 Å². The zero-order valence-electron chi connectivity index (χ0n) is 18.5. The summed E-state index contributed by atoms with van der Waals surface area (Å²) in [5.41, 5.74) is -0.417. The molecule has 35 heavy (non-hydrogen) atoms. The summed E-state index contributed by atoms with van der Waals surface area (Å²) >= 11 is 0. The quantitative estimate of drug-likeness (QED) is 0.459. The lowest BCUT2D eigenvalue weighted by Crippen LogP contribution is -2.35. The molecule has 2 aromatic heterocycles. The number of ether oxygens (including phenoxy) is 1. The molecule has 3 aromatic rings. The Kier molecular flexibility index (Phi) is 5.15. The van der Waals surface area contributed by atoms with E-state index in [1.54, 1.807) is 0 Å². The van der Waals surface area contributed by atoms with Crippen molar-refractivity contribution in [3.63, 3.8) is 0 Å². The fourth-order valence-electron chi connectivity index (χ4n) is 4.29. The van der Waals surface area contributed by atoms with E-state index in [4.69, 9.17) is 9.15 Å². The summed E-state index contributed by atoms with van der Waals surface area (Å²) in [6.07, 6.45) is -3.03. The number of oxazole rings is 1. The van der Waals surface area contributed by atoms with Crippen molar-refractivity contribution in [3.05, 3.63) is 47.9 Å². The number of aromatic nitrogens is 3. The Labute approximate surface area is 195 Å². The van der Waals surface area contributed by atoms with Gasteiger partial charge in [0.25, 0.3) is 11.8 Å². The van der Waals surface area contributed by atoms with Crippen molar-refractivity contribution in [3.8, 4) is 17.2 Å². The number of likely N-dealkylation sites (tertiary alicyclic amines) is 1. The minimum Gasteiger partial charge on any atom is -0.484 e. The van der Waals surface area contributed by atoms with Gasteiger partial charge in [-0.05, 0) is 37.5 Å². The molecule has 2 aliphatic rings. The molecule has 5 rings (SSSR count). The normalized spacial score (nSPS) is 22.7. The monoisotopic (exact) mass is 498 g/mol. The Morgan fingerprint density at radius 3 is 2.69 bits per heavy atom. The average Bonchev–Trinajstić information content (AvgIpc) is 3.30. The Balaban J connectivity index is 1.43. The van der Waals surface area contributed by atoms with Crippen LogP contribution in [0.5, 0.6) is 5.75 Å². The highest BCUT2D eigenvalue weighted by molar-refractivity contribution is 5.98. The van der Waals surface area contributed by atoms with Crippen molar-refractivity contribution < 1.29 is 40.4 Å². The van der Waals surface area contributed by atoms with Crippen LogP contribution in [0.15, 0.2) is 39.6 Å². The van der Waals surface area contributed by atoms with Gasteiger partial charge in [0.05, 0.1) is 17.2 Å². The molecule has 2 unspecified atom stereocenters. The molecule has 0 N–H and O–H groups in total. The molecule has 1 aromatic carbocycles. The van der Waals surface area contributed by atoms with Crippen molar-refractivity contribution in [2.45, 2.75) is 43.9 Å². The van der Waals surface area contributed by atoms with E-state index >= 15 is 0 Å². The molecular weight excluding hydrogens is 479 g/mol. The summed E-state index contributed by atoms with van der Waals surface area (Å²) in [6.45, 7) is 2.18. The van der Waals surface area contributed by atoms with Gasteiger partial charge in [-0.3, -0.25) is 4.79 Å². The maximum Gasteiger partial charge on any atom is 0.471 e. The number of fused-ring (bicyclic) bond motifs is 1. The van der Waals surface area contributed by atoms with Gasteiger partial charge in [-0.1, -0.05) is 5.16 Å². The maximum absolute atomic E-state index is 13.8. The highest BCUT2D eigenvalue weighted by atomic mass is 19.4. The van der Waals surface area contributed by atoms with Crippen LogP contribution in [0.1, 0.15) is 42.3 Å². The summed E-state index contributed by atoms with van der Waals surface area (Å²) in [5, 5.41) is 3.50. The van der Waals surface area contributed by atoms with Crippen molar-refractivity contribution in [1.29, 1.82) is 0 Å². The van der Waals surface area contributed by atoms with Gasteiger partial charge in [-0.2, -0.15) is 18.2 Å². The number of carbonyl (C=O) groups is 1. The van der Waals surface area contributed by atoms with E-state index in [-0.39, 0.29) is 42.0 Å². The van der Waals surface area contributed by atoms with E-state index in [1.807, 2.05) is 0 Å². The van der Waals surface area contributed by atoms with Gasteiger partial charge in [0.2, 0.25) is 5.89 Å². The third-order valence-electron chi connectivity index (χ3n) is 6.45. The molecule has 186 valence electrons. The standard InChI is InChI=1S/C22H19F5N4O4/c1-11(20(2,23)24)34-15-4-3-12(16-28-5-6-33-16)7-14(15)17(32)31-9-13-8-21(13,10-31)18-29-19(35-30-18)22(25,26)27/h3-7,11,13H,8-10H2,1-2H3/t11-,13?,21?/m0/s1. The Morgan fingerprint density at radius 2 is 2.06 bits per heavy atom. The SMILES string of the molecule is C[C@H](Oc1ccc(-c2ncco2)cc1C(=O)N1CC2CC2(c2noc(C(F)(F)F)n2)C1)C(C)(F)F. The minimum absolute atomic E-state index is 0.00246. The van der Waals surface area contributed by atoms with Crippen LogP contribution in [0.3, 0.4) is 0 Å². The molecule has 0 spiro atoms. The number of alkyl halides is 5. The predicted octanol–water partition coefficient (Wildman–Crippen LogP) is 4.58. The van der Waals surface area contributed by atoms with Crippen molar-refractivity contribution in [1.82, 2.24) is 20.0 Å². The second kappa shape index (κ2) is 7.75. The van der Waals surface area contributed by atoms with Crippen molar-refractivity contribution >= 4 is 5.91 Å². The zero-order valence-corrected chi connectivity index (χ0v) is 18.5. The highest BCUT2D eigenvalue weighted by Crippen LogP contribution is 2.58. The number of rotatable bonds is 6. The summed E-state index contributed by atoms with van der Waals surface area (Å²) in [6, 6.07) is 4.34. The first-order valence-electron chi connectivity index (χ1n) is 10.7. The first-order chi connectivity index (χ1) is 16.4. The molecule has 1 aliphatic carbocycles. The smallest absolute Gasteiger partial charge is 0.471 e. The molecule has 1 saturated carbocycles. The summed E-state index contributed by atoms with van der Waals surface area (Å²) in [7, 11) is 0. The van der Waals surface area contributed by atoms with Crippen molar-refractivity contribution in [2.75, 3.05) is 13.1 Å². The fraction of sp³-hybridized carbons (Fsp3) is 0.455. The molecule has 2 fully saturated rings. The minimum atomic E-state index is -4.77. The number of hydrogen-bond donors (Lipinski definition) is 0. The molecule has 1 saturated heterocycles. The molecule has 0 radical (unpaired) electrons. The first kappa shape index (κ1) is 23.2. The van der Waals surface area contributed by atoms with Crippen LogP contribution < -0.4 is 4.74 Å². The second-order valence-corrected chi connectivity index (χ2v) is 8.93. The van der Waals surface area contributed by atoms with Gasteiger partial charge >= 0.3 is 12.1 Å². The Hall–Kier alpha value is -3.51. The number of nitrogens with zero attached hydrogens (tertiary/aromatic N) is 4. The van der Waals surface area contributed by atoms with Gasteiger partial charge in [-0.15, -0.1) is 0 Å². The zero-order chi connectivity index (χ0) is 25.2. The van der Waals surface area contributed by atoms with Crippen LogP contribution in [0.4, 0.5) is 22.0 Å². The predicted molar refractivity (Wildman–Crippen MR) is 108 cm³/mol. The summed E-state index contributed by atoms with van der Waals surface area (Å²) < 4.78 is 81.3. The number of carbonyl (C=O) groups excluding carboxylic acids is 1. The largest absolute Gasteiger partial charge is 0.484 e. The van der Waals surface area contributed by atoms with E-state index < -0.39 is 35.4 Å².